The first-order valence-electron chi connectivity index (χ1n) is 3.06. The fourth-order valence-corrected chi connectivity index (χ4v) is 0.883. The predicted molar refractivity (Wildman–Crippen MR) is 39.6 cm³/mol. The summed E-state index contributed by atoms with van der Waals surface area (Å²) in [7, 11) is 1.73. The number of nitrogens with zero attached hydrogens (tertiary/aromatic N) is 3. The Morgan fingerprint density at radius 1 is 1.64 bits per heavy atom. The van der Waals surface area contributed by atoms with E-state index in [-0.39, 0.29) is 0 Å². The van der Waals surface area contributed by atoms with Crippen LogP contribution in [0.5, 0.6) is 0 Å². The van der Waals surface area contributed by atoms with E-state index in [1.807, 2.05) is 0 Å². The highest BCUT2D eigenvalue weighted by molar-refractivity contribution is 5.76. The number of nitrogens with one attached hydrogen (secondary N) is 1. The average molecular weight is 153 g/mol. The molecule has 1 aliphatic rings. The monoisotopic (exact) mass is 153 g/mol. The van der Waals surface area contributed by atoms with Gasteiger partial charge in [0.2, 0.25) is 0 Å². The van der Waals surface area contributed by atoms with E-state index in [4.69, 9.17) is 10.7 Å². The lowest BCUT2D eigenvalue weighted by Crippen LogP contribution is -2.13. The zero-order valence-corrected chi connectivity index (χ0v) is 5.90. The molecule has 0 saturated carbocycles. The van der Waals surface area contributed by atoms with Crippen molar-refractivity contribution < 1.29 is 4.94 Å². The molecule has 0 spiro atoms. The fourth-order valence-electron chi connectivity index (χ4n) is 0.883. The van der Waals surface area contributed by atoms with E-state index in [0.29, 0.717) is 17.3 Å². The summed E-state index contributed by atoms with van der Waals surface area (Å²) in [6.07, 6.45) is 1.39. The molecular weight excluding hydrogens is 146 g/mol. The van der Waals surface area contributed by atoms with Crippen LogP contribution in [0.3, 0.4) is 0 Å². The van der Waals surface area contributed by atoms with Crippen molar-refractivity contribution in [2.45, 2.75) is 0 Å². The van der Waals surface area contributed by atoms with Gasteiger partial charge in [-0.3, -0.25) is 0 Å². The van der Waals surface area contributed by atoms with Gasteiger partial charge in [-0.2, -0.15) is 4.94 Å². The van der Waals surface area contributed by atoms with Crippen LogP contribution in [0.25, 0.3) is 0 Å². The quantitative estimate of drug-likeness (QED) is 0.536. The Morgan fingerprint density at radius 3 is 3.18 bits per heavy atom. The van der Waals surface area contributed by atoms with Crippen LogP contribution < -0.4 is 16.3 Å². The number of rotatable bonds is 0. The highest BCUT2D eigenvalue weighted by atomic mass is 16.8. The Bertz CT molecular complexity index is 288. The largest absolute Gasteiger partial charge is 0.382 e. The second-order valence-electron chi connectivity index (χ2n) is 2.15. The minimum Gasteiger partial charge on any atom is -0.382 e. The molecule has 0 amide bonds. The number of nitrogen functional groups attached to an aromatic ring is 1. The highest BCUT2D eigenvalue weighted by Crippen LogP contribution is 2.31. The van der Waals surface area contributed by atoms with Crippen LogP contribution in [0.1, 0.15) is 0 Å². The van der Waals surface area contributed by atoms with Gasteiger partial charge in [0.25, 0.3) is 0 Å². The molecule has 1 aromatic rings. The van der Waals surface area contributed by atoms with E-state index in [9.17, 15) is 0 Å². The Morgan fingerprint density at radius 2 is 2.45 bits per heavy atom. The maximum absolute atomic E-state index is 5.51. The zero-order chi connectivity index (χ0) is 7.84. The maximum atomic E-state index is 5.51. The van der Waals surface area contributed by atoms with Gasteiger partial charge in [0.15, 0.2) is 11.6 Å². The Hall–Kier alpha value is -1.56. The average Bonchev–Trinajstić information content (AvgIpc) is 2.35. The van der Waals surface area contributed by atoms with Crippen LogP contribution in [-0.2, 0) is 4.94 Å². The molecule has 2 heterocycles. The lowest BCUT2D eigenvalue weighted by atomic mass is 10.4. The summed E-state index contributed by atoms with van der Waals surface area (Å²) in [5.74, 6) is 1.04. The molecule has 1 aliphatic heterocycles. The number of hydrogen-bond acceptors (Lipinski definition) is 6. The van der Waals surface area contributed by atoms with Crippen LogP contribution in [0, 0.1) is 0 Å². The van der Waals surface area contributed by atoms with Gasteiger partial charge in [0, 0.05) is 7.05 Å². The van der Waals surface area contributed by atoms with E-state index >= 15 is 0 Å². The Labute approximate surface area is 62.9 Å². The lowest BCUT2D eigenvalue weighted by Gasteiger charge is -2.04. The van der Waals surface area contributed by atoms with Crippen molar-refractivity contribution >= 4 is 17.3 Å². The summed E-state index contributed by atoms with van der Waals surface area (Å²) >= 11 is 0. The Balaban J connectivity index is 2.57. The molecule has 11 heavy (non-hydrogen) atoms. The number of hydrogen-bond donors (Lipinski definition) is 2. The van der Waals surface area contributed by atoms with Gasteiger partial charge in [-0.1, -0.05) is 0 Å². The van der Waals surface area contributed by atoms with Crippen LogP contribution in [0.2, 0.25) is 0 Å². The van der Waals surface area contributed by atoms with E-state index in [1.54, 1.807) is 7.05 Å². The molecular formula is C5H7N5O. The minimum atomic E-state index is 0.388. The summed E-state index contributed by atoms with van der Waals surface area (Å²) in [6, 6.07) is 0. The molecule has 0 radical (unpaired) electrons. The van der Waals surface area contributed by atoms with Gasteiger partial charge in [-0.05, 0) is 0 Å². The maximum Gasteiger partial charge on any atom is 0.185 e. The van der Waals surface area contributed by atoms with Crippen molar-refractivity contribution in [1.29, 1.82) is 0 Å². The normalized spacial score (nSPS) is 14.5. The summed E-state index contributed by atoms with van der Waals surface area (Å²) in [4.78, 5) is 12.6. The molecule has 6 heteroatoms. The number of hydroxylamine groups is 1. The van der Waals surface area contributed by atoms with Crippen molar-refractivity contribution in [2.24, 2.45) is 0 Å². The second kappa shape index (κ2) is 1.96. The van der Waals surface area contributed by atoms with Crippen molar-refractivity contribution in [3.05, 3.63) is 6.33 Å². The first-order chi connectivity index (χ1) is 5.29. The number of fused-ring (bicyclic) bond motifs is 1. The van der Waals surface area contributed by atoms with Gasteiger partial charge in [-0.15, -0.1) is 0 Å². The molecule has 6 nitrogen and oxygen atoms in total. The Kier molecular flexibility index (Phi) is 1.10. The van der Waals surface area contributed by atoms with Crippen molar-refractivity contribution in [3.8, 4) is 0 Å². The van der Waals surface area contributed by atoms with E-state index < -0.39 is 0 Å². The van der Waals surface area contributed by atoms with Gasteiger partial charge in [0.05, 0.1) is 0 Å². The molecule has 0 aromatic carbocycles. The van der Waals surface area contributed by atoms with Gasteiger partial charge in [-0.25, -0.2) is 20.5 Å². The molecule has 0 aliphatic carbocycles. The molecule has 0 fully saturated rings. The van der Waals surface area contributed by atoms with Crippen LogP contribution in [-0.4, -0.2) is 17.0 Å². The second-order valence-corrected chi connectivity index (χ2v) is 2.15. The summed E-state index contributed by atoms with van der Waals surface area (Å²) in [6.45, 7) is 0. The summed E-state index contributed by atoms with van der Waals surface area (Å²) in [5, 5.41) is 1.48. The molecule has 0 saturated heterocycles. The van der Waals surface area contributed by atoms with Gasteiger partial charge >= 0.3 is 0 Å². The highest BCUT2D eigenvalue weighted by Gasteiger charge is 2.20. The molecule has 0 atom stereocenters. The third kappa shape index (κ3) is 0.761. The number of anilines is 3. The van der Waals surface area contributed by atoms with Crippen molar-refractivity contribution in [1.82, 2.24) is 9.97 Å². The smallest absolute Gasteiger partial charge is 0.185 e. The number of nitrogens with two attached hydrogens (primary N) is 1. The van der Waals surface area contributed by atoms with Crippen molar-refractivity contribution in [3.63, 3.8) is 0 Å². The molecule has 58 valence electrons. The number of aromatic nitrogens is 2. The van der Waals surface area contributed by atoms with Gasteiger partial charge < -0.3 is 5.73 Å². The molecule has 0 bridgehead atoms. The van der Waals surface area contributed by atoms with Gasteiger partial charge in [0.1, 0.15) is 12.0 Å². The van der Waals surface area contributed by atoms with E-state index in [0.717, 1.165) is 0 Å². The lowest BCUT2D eigenvalue weighted by molar-refractivity contribution is 0.197. The van der Waals surface area contributed by atoms with E-state index in [2.05, 4.69) is 15.4 Å². The molecule has 2 rings (SSSR count). The molecule has 1 aromatic heterocycles. The predicted octanol–water partition coefficient (Wildman–Crippen LogP) is -0.233. The molecule has 3 N–H and O–H groups in total. The minimum absolute atomic E-state index is 0.388. The van der Waals surface area contributed by atoms with Crippen molar-refractivity contribution in [2.75, 3.05) is 23.3 Å². The third-order valence-electron chi connectivity index (χ3n) is 1.44. The summed E-state index contributed by atoms with van der Waals surface area (Å²) < 4.78 is 0. The topological polar surface area (TPSA) is 76.3 Å². The summed E-state index contributed by atoms with van der Waals surface area (Å²) in [5.41, 5.74) is 8.73. The van der Waals surface area contributed by atoms with Crippen LogP contribution in [0.4, 0.5) is 17.3 Å². The SMILES string of the molecule is CN1ONc2c(N)ncnc21. The fraction of sp³-hybridized carbons (Fsp3) is 0.200. The molecule has 0 unspecified atom stereocenters. The first-order valence-corrected chi connectivity index (χ1v) is 3.06. The zero-order valence-electron chi connectivity index (χ0n) is 5.90. The van der Waals surface area contributed by atoms with Crippen LogP contribution in [0.15, 0.2) is 6.33 Å². The van der Waals surface area contributed by atoms with E-state index in [1.165, 1.54) is 11.4 Å². The third-order valence-corrected chi connectivity index (χ3v) is 1.44. The first kappa shape index (κ1) is 6.17. The van der Waals surface area contributed by atoms with Crippen LogP contribution >= 0.6 is 0 Å². The standard InChI is InChI=1S/C5H7N5O/c1-10-5-3(9-11-10)4(6)7-2-8-5/h2,9H,1H3,(H2,6,7,8).